The molecule has 3 rings (SSSR count). The van der Waals surface area contributed by atoms with E-state index in [1.165, 1.54) is 28.6 Å². The van der Waals surface area contributed by atoms with Gasteiger partial charge in [0.25, 0.3) is 5.91 Å². The Labute approximate surface area is 164 Å². The van der Waals surface area contributed by atoms with Crippen LogP contribution in [-0.2, 0) is 21.2 Å². The molecule has 2 amide bonds. The van der Waals surface area contributed by atoms with Crippen molar-refractivity contribution in [2.45, 2.75) is 31.1 Å². The molecule has 0 aliphatic carbocycles. The van der Waals surface area contributed by atoms with Crippen LogP contribution in [0, 0.1) is 6.92 Å². The van der Waals surface area contributed by atoms with Gasteiger partial charge in [0.1, 0.15) is 0 Å². The lowest BCUT2D eigenvalue weighted by molar-refractivity contribution is -0.121. The molecule has 2 aromatic rings. The third-order valence-corrected chi connectivity index (χ3v) is 6.62. The van der Waals surface area contributed by atoms with E-state index in [1.807, 2.05) is 31.2 Å². The maximum Gasteiger partial charge on any atom is 0.269 e. The Morgan fingerprint density at radius 3 is 2.43 bits per heavy atom. The van der Waals surface area contributed by atoms with Gasteiger partial charge in [-0.25, -0.2) is 8.42 Å². The first-order valence-electron chi connectivity index (χ1n) is 9.12. The van der Waals surface area contributed by atoms with Crippen LogP contribution in [0.3, 0.4) is 0 Å². The fourth-order valence-electron chi connectivity index (χ4n) is 3.10. The van der Waals surface area contributed by atoms with Crippen molar-refractivity contribution in [3.8, 4) is 0 Å². The summed E-state index contributed by atoms with van der Waals surface area (Å²) in [6.07, 6.45) is 1.81. The average molecular weight is 401 g/mol. The van der Waals surface area contributed by atoms with Gasteiger partial charge in [-0.15, -0.1) is 0 Å². The van der Waals surface area contributed by atoms with Crippen LogP contribution in [0.15, 0.2) is 53.4 Å². The molecule has 28 heavy (non-hydrogen) atoms. The van der Waals surface area contributed by atoms with E-state index in [0.717, 1.165) is 24.0 Å². The largest absolute Gasteiger partial charge is 0.273 e. The van der Waals surface area contributed by atoms with E-state index in [1.54, 1.807) is 0 Å². The van der Waals surface area contributed by atoms with Crippen molar-refractivity contribution in [2.24, 2.45) is 0 Å². The molecular weight excluding hydrogens is 378 g/mol. The van der Waals surface area contributed by atoms with Gasteiger partial charge in [-0.3, -0.25) is 20.4 Å². The van der Waals surface area contributed by atoms with Crippen LogP contribution >= 0.6 is 0 Å². The van der Waals surface area contributed by atoms with Crippen molar-refractivity contribution in [1.82, 2.24) is 15.2 Å². The molecule has 0 unspecified atom stereocenters. The Balaban J connectivity index is 1.63. The smallest absolute Gasteiger partial charge is 0.269 e. The Morgan fingerprint density at radius 1 is 1.00 bits per heavy atom. The lowest BCUT2D eigenvalue weighted by Crippen LogP contribution is -2.42. The summed E-state index contributed by atoms with van der Waals surface area (Å²) in [4.78, 5) is 24.5. The zero-order chi connectivity index (χ0) is 20.1. The molecule has 1 fully saturated rings. The molecular formula is C20H23N3O4S. The number of carbonyl (C=O) groups excluding carboxylic acids is 2. The molecule has 0 bridgehead atoms. The van der Waals surface area contributed by atoms with Crippen molar-refractivity contribution in [3.05, 3.63) is 65.2 Å². The number of nitrogens with zero attached hydrogens (tertiary/aromatic N) is 1. The normalized spacial score (nSPS) is 14.6. The zero-order valence-electron chi connectivity index (χ0n) is 15.6. The lowest BCUT2D eigenvalue weighted by Gasteiger charge is -2.16. The number of amides is 2. The Morgan fingerprint density at radius 2 is 1.71 bits per heavy atom. The number of sulfonamides is 1. The van der Waals surface area contributed by atoms with Crippen LogP contribution < -0.4 is 10.9 Å². The number of rotatable bonds is 5. The van der Waals surface area contributed by atoms with Crippen LogP contribution in [0.2, 0.25) is 0 Å². The van der Waals surface area contributed by atoms with Crippen LogP contribution in [0.4, 0.5) is 0 Å². The highest BCUT2D eigenvalue weighted by atomic mass is 32.2. The second-order valence-corrected chi connectivity index (χ2v) is 8.68. The van der Waals surface area contributed by atoms with Gasteiger partial charge < -0.3 is 0 Å². The van der Waals surface area contributed by atoms with Gasteiger partial charge in [0.05, 0.1) is 11.3 Å². The maximum atomic E-state index is 12.6. The monoisotopic (exact) mass is 401 g/mol. The fraction of sp³-hybridized carbons (Fsp3) is 0.300. The predicted molar refractivity (Wildman–Crippen MR) is 105 cm³/mol. The van der Waals surface area contributed by atoms with Gasteiger partial charge >= 0.3 is 0 Å². The molecule has 1 saturated heterocycles. The molecule has 0 atom stereocenters. The molecule has 2 aromatic carbocycles. The van der Waals surface area contributed by atoms with Crippen molar-refractivity contribution >= 4 is 21.8 Å². The fourth-order valence-corrected chi connectivity index (χ4v) is 4.66. The molecule has 148 valence electrons. The molecule has 2 N–H and O–H groups in total. The third kappa shape index (κ3) is 4.58. The Hall–Kier alpha value is -2.71. The summed E-state index contributed by atoms with van der Waals surface area (Å²) < 4.78 is 26.7. The van der Waals surface area contributed by atoms with Crippen molar-refractivity contribution < 1.29 is 18.0 Å². The number of hydrogen-bond donors (Lipinski definition) is 2. The summed E-state index contributed by atoms with van der Waals surface area (Å²) in [5, 5.41) is 0. The predicted octanol–water partition coefficient (Wildman–Crippen LogP) is 1.78. The topological polar surface area (TPSA) is 95.6 Å². The van der Waals surface area contributed by atoms with Gasteiger partial charge in [0, 0.05) is 18.7 Å². The Kier molecular flexibility index (Phi) is 6.11. The number of hydrogen-bond acceptors (Lipinski definition) is 4. The first kappa shape index (κ1) is 20.0. The van der Waals surface area contributed by atoms with E-state index in [4.69, 9.17) is 0 Å². The minimum atomic E-state index is -3.61. The highest BCUT2D eigenvalue weighted by molar-refractivity contribution is 7.89. The van der Waals surface area contributed by atoms with E-state index in [0.29, 0.717) is 13.1 Å². The zero-order valence-corrected chi connectivity index (χ0v) is 16.5. The van der Waals surface area contributed by atoms with Crippen LogP contribution in [-0.4, -0.2) is 37.6 Å². The van der Waals surface area contributed by atoms with Gasteiger partial charge in [-0.2, -0.15) is 4.31 Å². The SMILES string of the molecule is Cc1ccccc1CC(=O)NNC(=O)c1cccc(S(=O)(=O)N2CCCC2)c1. The highest BCUT2D eigenvalue weighted by Gasteiger charge is 2.27. The van der Waals surface area contributed by atoms with Crippen molar-refractivity contribution in [3.63, 3.8) is 0 Å². The van der Waals surface area contributed by atoms with Gasteiger partial charge in [0.2, 0.25) is 15.9 Å². The summed E-state index contributed by atoms with van der Waals surface area (Å²) in [6, 6.07) is 13.3. The van der Waals surface area contributed by atoms with Gasteiger partial charge in [-0.05, 0) is 49.1 Å². The average Bonchev–Trinajstić information content (AvgIpc) is 3.24. The molecule has 1 aliphatic rings. The molecule has 1 heterocycles. The summed E-state index contributed by atoms with van der Waals surface area (Å²) >= 11 is 0. The number of benzene rings is 2. The van der Waals surface area contributed by atoms with E-state index in [-0.39, 0.29) is 22.8 Å². The quantitative estimate of drug-likeness (QED) is 0.747. The molecule has 8 heteroatoms. The molecule has 0 spiro atoms. The van der Waals surface area contributed by atoms with E-state index in [2.05, 4.69) is 10.9 Å². The van der Waals surface area contributed by atoms with Gasteiger partial charge in [0.15, 0.2) is 0 Å². The number of aryl methyl sites for hydroxylation is 1. The third-order valence-electron chi connectivity index (χ3n) is 4.73. The van der Waals surface area contributed by atoms with Crippen molar-refractivity contribution in [2.75, 3.05) is 13.1 Å². The summed E-state index contributed by atoms with van der Waals surface area (Å²) in [5.41, 5.74) is 6.73. The maximum absolute atomic E-state index is 12.6. The Bertz CT molecular complexity index is 982. The number of nitrogens with one attached hydrogen (secondary N) is 2. The first-order valence-corrected chi connectivity index (χ1v) is 10.6. The molecule has 7 nitrogen and oxygen atoms in total. The standard InChI is InChI=1S/C20H23N3O4S/c1-15-7-2-3-8-16(15)14-19(24)21-22-20(25)17-9-6-10-18(13-17)28(26,27)23-11-4-5-12-23/h2-3,6-10,13H,4-5,11-12,14H2,1H3,(H,21,24)(H,22,25). The number of hydrazine groups is 1. The second-order valence-electron chi connectivity index (χ2n) is 6.74. The summed E-state index contributed by atoms with van der Waals surface area (Å²) in [7, 11) is -3.61. The van der Waals surface area contributed by atoms with Crippen molar-refractivity contribution in [1.29, 1.82) is 0 Å². The second kappa shape index (κ2) is 8.53. The van der Waals surface area contributed by atoms with E-state index < -0.39 is 15.9 Å². The lowest BCUT2D eigenvalue weighted by atomic mass is 10.1. The van der Waals surface area contributed by atoms with Gasteiger partial charge in [-0.1, -0.05) is 30.3 Å². The molecule has 0 saturated carbocycles. The summed E-state index contributed by atoms with van der Waals surface area (Å²) in [5.74, 6) is -0.930. The van der Waals surface area contributed by atoms with Crippen LogP contribution in [0.25, 0.3) is 0 Å². The minimum absolute atomic E-state index is 0.0771. The first-order chi connectivity index (χ1) is 13.4. The molecule has 0 aromatic heterocycles. The molecule has 1 aliphatic heterocycles. The van der Waals surface area contributed by atoms with E-state index >= 15 is 0 Å². The summed E-state index contributed by atoms with van der Waals surface area (Å²) in [6.45, 7) is 2.90. The van der Waals surface area contributed by atoms with Crippen LogP contribution in [0.1, 0.15) is 34.3 Å². The minimum Gasteiger partial charge on any atom is -0.273 e. The number of carbonyl (C=O) groups is 2. The van der Waals surface area contributed by atoms with E-state index in [9.17, 15) is 18.0 Å². The van der Waals surface area contributed by atoms with Crippen LogP contribution in [0.5, 0.6) is 0 Å². The highest BCUT2D eigenvalue weighted by Crippen LogP contribution is 2.21. The molecule has 0 radical (unpaired) electrons.